The Hall–Kier alpha value is -2.06. The Bertz CT molecular complexity index is 806. The Balaban J connectivity index is 1.53. The van der Waals surface area contributed by atoms with Gasteiger partial charge in [0.15, 0.2) is 10.9 Å². The number of hydrogen-bond donors (Lipinski definition) is 1. The lowest BCUT2D eigenvalue weighted by Gasteiger charge is -2.01. The molecule has 0 unspecified atom stereocenters. The van der Waals surface area contributed by atoms with Crippen LogP contribution in [0, 0.1) is 6.92 Å². The van der Waals surface area contributed by atoms with Crippen LogP contribution in [0.3, 0.4) is 0 Å². The molecule has 0 aliphatic carbocycles. The van der Waals surface area contributed by atoms with E-state index in [9.17, 15) is 4.79 Å². The van der Waals surface area contributed by atoms with Crippen molar-refractivity contribution in [2.24, 2.45) is 7.05 Å². The van der Waals surface area contributed by atoms with Gasteiger partial charge in [-0.05, 0) is 19.1 Å². The van der Waals surface area contributed by atoms with Crippen molar-refractivity contribution in [1.29, 1.82) is 0 Å². The van der Waals surface area contributed by atoms with Crippen LogP contribution in [0.15, 0.2) is 39.5 Å². The summed E-state index contributed by atoms with van der Waals surface area (Å²) in [7, 11) is 1.94. The molecule has 1 N–H and O–H groups in total. The van der Waals surface area contributed by atoms with Gasteiger partial charge in [-0.15, -0.1) is 11.3 Å². The van der Waals surface area contributed by atoms with Crippen molar-refractivity contribution >= 4 is 29.0 Å². The molecule has 3 aromatic rings. The number of hydrogen-bond acceptors (Lipinski definition) is 6. The number of aromatic nitrogens is 3. The molecule has 23 heavy (non-hydrogen) atoms. The number of carbonyl (C=O) groups excluding carboxylic acids is 1. The van der Waals surface area contributed by atoms with Crippen LogP contribution in [0.25, 0.3) is 0 Å². The number of aryl methyl sites for hydroxylation is 2. The van der Waals surface area contributed by atoms with Crippen LogP contribution in [-0.2, 0) is 19.3 Å². The average molecular weight is 348 g/mol. The van der Waals surface area contributed by atoms with Crippen molar-refractivity contribution in [3.63, 3.8) is 0 Å². The normalized spacial score (nSPS) is 10.9. The first-order valence-corrected chi connectivity index (χ1v) is 8.86. The van der Waals surface area contributed by atoms with E-state index in [2.05, 4.69) is 15.3 Å². The summed E-state index contributed by atoms with van der Waals surface area (Å²) in [5, 5.41) is 6.64. The number of rotatable bonds is 6. The Labute approximate surface area is 141 Å². The van der Waals surface area contributed by atoms with Crippen LogP contribution in [0.5, 0.6) is 0 Å². The predicted molar refractivity (Wildman–Crippen MR) is 89.5 cm³/mol. The molecule has 6 nitrogen and oxygen atoms in total. The molecule has 3 aromatic heterocycles. The number of nitrogens with zero attached hydrogens (tertiary/aromatic N) is 3. The van der Waals surface area contributed by atoms with Gasteiger partial charge in [0, 0.05) is 24.8 Å². The maximum atomic E-state index is 12.1. The standard InChI is InChI=1S/C15H16N4O2S2/c1-10-18-11(8-22-10)7-17-14(20)13-4-3-12(21-13)9-23-15-16-5-6-19(15)2/h3-6,8H,7,9H2,1-2H3,(H,17,20). The second-order valence-electron chi connectivity index (χ2n) is 4.92. The van der Waals surface area contributed by atoms with Gasteiger partial charge in [0.05, 0.1) is 23.0 Å². The highest BCUT2D eigenvalue weighted by Crippen LogP contribution is 2.21. The summed E-state index contributed by atoms with van der Waals surface area (Å²) in [6.07, 6.45) is 3.65. The summed E-state index contributed by atoms with van der Waals surface area (Å²) in [6, 6.07) is 3.51. The Kier molecular flexibility index (Phi) is 4.82. The Morgan fingerprint density at radius 1 is 1.48 bits per heavy atom. The van der Waals surface area contributed by atoms with Gasteiger partial charge in [0.1, 0.15) is 5.76 Å². The van der Waals surface area contributed by atoms with Gasteiger partial charge < -0.3 is 14.3 Å². The molecule has 0 fully saturated rings. The summed E-state index contributed by atoms with van der Waals surface area (Å²) >= 11 is 3.13. The first kappa shape index (κ1) is 15.8. The van der Waals surface area contributed by atoms with E-state index in [1.54, 1.807) is 35.4 Å². The minimum Gasteiger partial charge on any atom is -0.455 e. The largest absolute Gasteiger partial charge is 0.455 e. The second-order valence-corrected chi connectivity index (χ2v) is 6.92. The van der Waals surface area contributed by atoms with Crippen molar-refractivity contribution in [1.82, 2.24) is 19.9 Å². The topological polar surface area (TPSA) is 73.0 Å². The van der Waals surface area contributed by atoms with Gasteiger partial charge in [-0.25, -0.2) is 9.97 Å². The van der Waals surface area contributed by atoms with E-state index in [-0.39, 0.29) is 5.91 Å². The highest BCUT2D eigenvalue weighted by molar-refractivity contribution is 7.98. The maximum Gasteiger partial charge on any atom is 0.287 e. The summed E-state index contributed by atoms with van der Waals surface area (Å²) in [4.78, 5) is 20.6. The fraction of sp³-hybridized carbons (Fsp3) is 0.267. The molecule has 0 radical (unpaired) electrons. The van der Waals surface area contributed by atoms with E-state index in [0.717, 1.165) is 21.6 Å². The number of nitrogens with one attached hydrogen (secondary N) is 1. The van der Waals surface area contributed by atoms with Crippen LogP contribution in [0.1, 0.15) is 27.0 Å². The number of carbonyl (C=O) groups is 1. The van der Waals surface area contributed by atoms with Crippen molar-refractivity contribution in [3.05, 3.63) is 52.1 Å². The summed E-state index contributed by atoms with van der Waals surface area (Å²) < 4.78 is 7.53. The van der Waals surface area contributed by atoms with Crippen LogP contribution in [0.4, 0.5) is 0 Å². The smallest absolute Gasteiger partial charge is 0.287 e. The maximum absolute atomic E-state index is 12.1. The summed E-state index contributed by atoms with van der Waals surface area (Å²) in [5.74, 6) is 1.45. The number of imidazole rings is 1. The van der Waals surface area contributed by atoms with E-state index in [4.69, 9.17) is 4.42 Å². The lowest BCUT2D eigenvalue weighted by molar-refractivity contribution is 0.0921. The quantitative estimate of drug-likeness (QED) is 0.693. The molecule has 0 aromatic carbocycles. The van der Waals surface area contributed by atoms with Gasteiger partial charge in [0.25, 0.3) is 5.91 Å². The first-order chi connectivity index (χ1) is 11.1. The third-order valence-corrected chi connectivity index (χ3v) is 5.01. The van der Waals surface area contributed by atoms with E-state index in [1.165, 1.54) is 0 Å². The van der Waals surface area contributed by atoms with E-state index in [0.29, 0.717) is 18.1 Å². The van der Waals surface area contributed by atoms with Crippen molar-refractivity contribution < 1.29 is 9.21 Å². The number of thioether (sulfide) groups is 1. The zero-order chi connectivity index (χ0) is 16.2. The number of thiazole rings is 1. The van der Waals surface area contributed by atoms with Gasteiger partial charge >= 0.3 is 0 Å². The van der Waals surface area contributed by atoms with Gasteiger partial charge in [-0.1, -0.05) is 11.8 Å². The van der Waals surface area contributed by atoms with Crippen LogP contribution in [0.2, 0.25) is 0 Å². The zero-order valence-electron chi connectivity index (χ0n) is 12.8. The predicted octanol–water partition coefficient (Wildman–Crippen LogP) is 3.00. The summed E-state index contributed by atoms with van der Waals surface area (Å²) in [6.45, 7) is 2.34. The molecule has 0 aliphatic heterocycles. The number of amides is 1. The lowest BCUT2D eigenvalue weighted by atomic mass is 10.4. The monoisotopic (exact) mass is 348 g/mol. The van der Waals surface area contributed by atoms with Crippen LogP contribution in [-0.4, -0.2) is 20.4 Å². The van der Waals surface area contributed by atoms with Gasteiger partial charge in [-0.3, -0.25) is 4.79 Å². The Morgan fingerprint density at radius 3 is 3.04 bits per heavy atom. The van der Waals surface area contributed by atoms with E-state index in [1.807, 2.05) is 36.2 Å². The fourth-order valence-corrected chi connectivity index (χ4v) is 3.39. The minimum atomic E-state index is -0.233. The molecule has 0 saturated carbocycles. The zero-order valence-corrected chi connectivity index (χ0v) is 14.4. The average Bonchev–Trinajstić information content (AvgIpc) is 3.24. The molecule has 3 rings (SSSR count). The molecule has 0 bridgehead atoms. The molecule has 0 saturated heterocycles. The van der Waals surface area contributed by atoms with Crippen LogP contribution >= 0.6 is 23.1 Å². The van der Waals surface area contributed by atoms with Crippen molar-refractivity contribution in [3.8, 4) is 0 Å². The summed E-state index contributed by atoms with van der Waals surface area (Å²) in [5.41, 5.74) is 0.859. The minimum absolute atomic E-state index is 0.233. The molecule has 3 heterocycles. The highest BCUT2D eigenvalue weighted by Gasteiger charge is 2.12. The third kappa shape index (κ3) is 4.02. The second kappa shape index (κ2) is 7.01. The molecule has 8 heteroatoms. The van der Waals surface area contributed by atoms with Gasteiger partial charge in [0.2, 0.25) is 0 Å². The van der Waals surface area contributed by atoms with Gasteiger partial charge in [-0.2, -0.15) is 0 Å². The number of furan rings is 1. The molecule has 0 spiro atoms. The van der Waals surface area contributed by atoms with E-state index >= 15 is 0 Å². The van der Waals surface area contributed by atoms with Crippen LogP contribution < -0.4 is 5.32 Å². The lowest BCUT2D eigenvalue weighted by Crippen LogP contribution is -2.22. The van der Waals surface area contributed by atoms with Crippen molar-refractivity contribution in [2.45, 2.75) is 24.4 Å². The SMILES string of the molecule is Cc1nc(CNC(=O)c2ccc(CSc3nccn3C)o2)cs1. The molecular weight excluding hydrogens is 332 g/mol. The van der Waals surface area contributed by atoms with E-state index < -0.39 is 0 Å². The fourth-order valence-electron chi connectivity index (χ4n) is 1.95. The first-order valence-electron chi connectivity index (χ1n) is 7.00. The molecule has 0 atom stereocenters. The molecular formula is C15H16N4O2S2. The molecule has 0 aliphatic rings. The Morgan fingerprint density at radius 2 is 2.35 bits per heavy atom. The molecule has 120 valence electrons. The highest BCUT2D eigenvalue weighted by atomic mass is 32.2. The molecule has 1 amide bonds. The third-order valence-electron chi connectivity index (χ3n) is 3.10. The van der Waals surface area contributed by atoms with Crippen molar-refractivity contribution in [2.75, 3.05) is 0 Å².